The summed E-state index contributed by atoms with van der Waals surface area (Å²) in [7, 11) is 3.35. The van der Waals surface area contributed by atoms with Gasteiger partial charge in [0.2, 0.25) is 5.95 Å². The molecule has 0 bridgehead atoms. The van der Waals surface area contributed by atoms with Crippen LogP contribution in [0.2, 0.25) is 0 Å². The maximum absolute atomic E-state index is 14.1. The van der Waals surface area contributed by atoms with Gasteiger partial charge in [0.05, 0.1) is 37.8 Å². The molecule has 2 amide bonds. The lowest BCUT2D eigenvalue weighted by molar-refractivity contribution is -0.0316. The fourth-order valence-corrected chi connectivity index (χ4v) is 5.89. The number of nitrogens with zero attached hydrogens (tertiary/aromatic N) is 8. The number of methoxy groups -OCH3 is 1. The highest BCUT2D eigenvalue weighted by Gasteiger charge is 2.33. The van der Waals surface area contributed by atoms with E-state index in [9.17, 15) is 10.1 Å². The average Bonchev–Trinajstić information content (AvgIpc) is 3.08. The van der Waals surface area contributed by atoms with Crippen molar-refractivity contribution in [1.29, 1.82) is 5.26 Å². The molecule has 2 fully saturated rings. The number of anilines is 2. The molecule has 1 saturated heterocycles. The monoisotopic (exact) mass is 619 g/mol. The zero-order valence-electron chi connectivity index (χ0n) is 26.0. The van der Waals surface area contributed by atoms with E-state index in [-0.39, 0.29) is 18.1 Å². The SMILES string of the molecule is COc1ncc(-c2ccc(N(C(=O)N(C)Cc3ccccc3)C3CCC(Nc4ncc(C#N)c(CC5COC5)n4)CC3)nc2)cn1. The van der Waals surface area contributed by atoms with Crippen LogP contribution in [0.1, 0.15) is 42.5 Å². The van der Waals surface area contributed by atoms with Crippen molar-refractivity contribution >= 4 is 17.8 Å². The van der Waals surface area contributed by atoms with Gasteiger partial charge in [-0.3, -0.25) is 4.90 Å². The minimum Gasteiger partial charge on any atom is -0.467 e. The molecular weight excluding hydrogens is 582 g/mol. The predicted octanol–water partition coefficient (Wildman–Crippen LogP) is 4.88. The molecule has 1 N–H and O–H groups in total. The number of pyridine rings is 1. The maximum Gasteiger partial charge on any atom is 0.325 e. The summed E-state index contributed by atoms with van der Waals surface area (Å²) in [5.74, 6) is 1.52. The second kappa shape index (κ2) is 14.3. The summed E-state index contributed by atoms with van der Waals surface area (Å²) >= 11 is 0. The van der Waals surface area contributed by atoms with E-state index in [1.54, 1.807) is 29.7 Å². The third-order valence-corrected chi connectivity index (χ3v) is 8.51. The topological polar surface area (TPSA) is 142 Å². The molecular formula is C34H37N9O3. The minimum absolute atomic E-state index is 0.0393. The second-order valence-corrected chi connectivity index (χ2v) is 11.8. The van der Waals surface area contributed by atoms with Crippen molar-refractivity contribution < 1.29 is 14.3 Å². The molecule has 4 heterocycles. The van der Waals surface area contributed by atoms with Crippen LogP contribution < -0.4 is 15.0 Å². The molecule has 0 radical (unpaired) electrons. The number of rotatable bonds is 10. The van der Waals surface area contributed by atoms with Crippen LogP contribution in [0.4, 0.5) is 16.6 Å². The van der Waals surface area contributed by atoms with Crippen molar-refractivity contribution in [2.45, 2.75) is 50.7 Å². The first-order chi connectivity index (χ1) is 22.5. The number of nitrogens with one attached hydrogen (secondary N) is 1. The fraction of sp³-hybridized carbons (Fsp3) is 0.382. The smallest absolute Gasteiger partial charge is 0.325 e. The van der Waals surface area contributed by atoms with E-state index in [1.807, 2.05) is 54.4 Å². The van der Waals surface area contributed by atoms with Crippen LogP contribution in [0.25, 0.3) is 11.1 Å². The summed E-state index contributed by atoms with van der Waals surface area (Å²) in [5, 5.41) is 13.0. The number of amides is 2. The third-order valence-electron chi connectivity index (χ3n) is 8.51. The van der Waals surface area contributed by atoms with Crippen LogP contribution in [-0.4, -0.2) is 75.3 Å². The van der Waals surface area contributed by atoms with Gasteiger partial charge in [0.25, 0.3) is 0 Å². The molecule has 0 spiro atoms. The van der Waals surface area contributed by atoms with Crippen molar-refractivity contribution in [2.24, 2.45) is 5.92 Å². The van der Waals surface area contributed by atoms with Gasteiger partial charge >= 0.3 is 12.0 Å². The first-order valence-corrected chi connectivity index (χ1v) is 15.5. The molecule has 0 atom stereocenters. The molecule has 12 heteroatoms. The largest absolute Gasteiger partial charge is 0.467 e. The van der Waals surface area contributed by atoms with Crippen LogP contribution in [0.3, 0.4) is 0 Å². The van der Waals surface area contributed by atoms with Crippen molar-refractivity contribution in [3.05, 3.63) is 84.1 Å². The maximum atomic E-state index is 14.1. The van der Waals surface area contributed by atoms with Gasteiger partial charge in [0.15, 0.2) is 0 Å². The van der Waals surface area contributed by atoms with Crippen molar-refractivity contribution in [3.63, 3.8) is 0 Å². The lowest BCUT2D eigenvalue weighted by Gasteiger charge is -2.38. The van der Waals surface area contributed by atoms with Gasteiger partial charge in [-0.05, 0) is 49.8 Å². The van der Waals surface area contributed by atoms with E-state index < -0.39 is 0 Å². The average molecular weight is 620 g/mol. The molecule has 12 nitrogen and oxygen atoms in total. The molecule has 1 saturated carbocycles. The Morgan fingerprint density at radius 3 is 2.35 bits per heavy atom. The van der Waals surface area contributed by atoms with E-state index in [1.165, 1.54) is 7.11 Å². The van der Waals surface area contributed by atoms with Gasteiger partial charge in [-0.1, -0.05) is 30.3 Å². The fourth-order valence-electron chi connectivity index (χ4n) is 5.89. The zero-order valence-corrected chi connectivity index (χ0v) is 26.0. The van der Waals surface area contributed by atoms with Crippen LogP contribution >= 0.6 is 0 Å². The van der Waals surface area contributed by atoms with Crippen molar-refractivity contribution in [2.75, 3.05) is 37.6 Å². The van der Waals surface area contributed by atoms with E-state index in [4.69, 9.17) is 19.4 Å². The van der Waals surface area contributed by atoms with Gasteiger partial charge in [0.1, 0.15) is 11.9 Å². The Kier molecular flexibility index (Phi) is 9.59. The number of hydrogen-bond donors (Lipinski definition) is 1. The summed E-state index contributed by atoms with van der Waals surface area (Å²) in [6, 6.07) is 16.3. The summed E-state index contributed by atoms with van der Waals surface area (Å²) < 4.78 is 10.4. The normalized spacial score (nSPS) is 17.8. The molecule has 2 aliphatic rings. The quantitative estimate of drug-likeness (QED) is 0.261. The summed E-state index contributed by atoms with van der Waals surface area (Å²) in [4.78, 5) is 39.9. The Labute approximate surface area is 268 Å². The molecule has 1 aromatic carbocycles. The van der Waals surface area contributed by atoms with Gasteiger partial charge in [-0.25, -0.2) is 29.7 Å². The molecule has 1 aliphatic heterocycles. The zero-order chi connectivity index (χ0) is 31.9. The number of carbonyl (C=O) groups is 1. The Morgan fingerprint density at radius 1 is 0.978 bits per heavy atom. The van der Waals surface area contributed by atoms with Gasteiger partial charge in [-0.15, -0.1) is 0 Å². The molecule has 4 aromatic rings. The van der Waals surface area contributed by atoms with E-state index in [2.05, 4.69) is 26.3 Å². The predicted molar refractivity (Wildman–Crippen MR) is 172 cm³/mol. The Morgan fingerprint density at radius 2 is 1.72 bits per heavy atom. The summed E-state index contributed by atoms with van der Waals surface area (Å²) in [5.41, 5.74) is 3.97. The number of benzene rings is 1. The first-order valence-electron chi connectivity index (χ1n) is 15.5. The van der Waals surface area contributed by atoms with Gasteiger partial charge in [0, 0.05) is 61.3 Å². The van der Waals surface area contributed by atoms with E-state index in [0.717, 1.165) is 48.1 Å². The number of ether oxygens (including phenoxy) is 2. The third kappa shape index (κ3) is 7.21. The van der Waals surface area contributed by atoms with E-state index in [0.29, 0.717) is 55.4 Å². The second-order valence-electron chi connectivity index (χ2n) is 11.8. The summed E-state index contributed by atoms with van der Waals surface area (Å²) in [6.07, 6.45) is 10.7. The minimum atomic E-state index is -0.103. The first kappa shape index (κ1) is 30.9. The molecule has 46 heavy (non-hydrogen) atoms. The van der Waals surface area contributed by atoms with Gasteiger partial charge < -0.3 is 19.7 Å². The molecule has 0 unspecified atom stereocenters. The van der Waals surface area contributed by atoms with E-state index >= 15 is 0 Å². The number of hydrogen-bond acceptors (Lipinski definition) is 10. The van der Waals surface area contributed by atoms with Crippen LogP contribution in [-0.2, 0) is 17.7 Å². The van der Waals surface area contributed by atoms with Crippen LogP contribution in [0.5, 0.6) is 6.01 Å². The molecule has 236 valence electrons. The number of carbonyl (C=O) groups excluding carboxylic acids is 1. The summed E-state index contributed by atoms with van der Waals surface area (Å²) in [6.45, 7) is 1.88. The Bertz CT molecular complexity index is 1650. The van der Waals surface area contributed by atoms with Crippen LogP contribution in [0, 0.1) is 17.2 Å². The standard InChI is InChI=1S/C34H37N9O3/c1-42(20-23-6-4-3-5-7-23)34(44)43(31-13-8-25(16-36-31)27-18-38-33(45-2)39-19-27)29-11-9-28(10-12-29)40-32-37-17-26(15-35)30(41-32)14-24-21-46-22-24/h3-8,13,16-19,24,28-29H,9-12,14,20-22H2,1-2H3,(H,37,40,41). The highest BCUT2D eigenvalue weighted by Crippen LogP contribution is 2.30. The highest BCUT2D eigenvalue weighted by molar-refractivity contribution is 5.91. The number of urea groups is 1. The lowest BCUT2D eigenvalue weighted by Crippen LogP contribution is -2.49. The Balaban J connectivity index is 1.17. The molecule has 1 aliphatic carbocycles. The van der Waals surface area contributed by atoms with Crippen molar-refractivity contribution in [3.8, 4) is 23.2 Å². The lowest BCUT2D eigenvalue weighted by atomic mass is 9.90. The van der Waals surface area contributed by atoms with Crippen molar-refractivity contribution in [1.82, 2.24) is 29.8 Å². The highest BCUT2D eigenvalue weighted by atomic mass is 16.5. The van der Waals surface area contributed by atoms with Gasteiger partial charge in [-0.2, -0.15) is 5.26 Å². The number of aromatic nitrogens is 5. The molecule has 6 rings (SSSR count). The van der Waals surface area contributed by atoms with Crippen LogP contribution in [0.15, 0.2) is 67.3 Å². The molecule has 3 aromatic heterocycles. The number of nitriles is 1. The Hall–Kier alpha value is -5.15.